The second kappa shape index (κ2) is 6.94. The van der Waals surface area contributed by atoms with E-state index in [2.05, 4.69) is 11.1 Å². The van der Waals surface area contributed by atoms with Crippen LogP contribution in [0.4, 0.5) is 0 Å². The lowest BCUT2D eigenvalue weighted by molar-refractivity contribution is -0.127. The highest BCUT2D eigenvalue weighted by atomic mass is 32.2. The van der Waals surface area contributed by atoms with Crippen LogP contribution in [0.3, 0.4) is 0 Å². The fourth-order valence-corrected chi connectivity index (χ4v) is 4.75. The van der Waals surface area contributed by atoms with Gasteiger partial charge in [0.2, 0.25) is 0 Å². The van der Waals surface area contributed by atoms with E-state index in [1.165, 1.54) is 11.8 Å². The SMILES string of the molecule is CCN(CC)C(=O)C1=C(C)N=C2SC(C#N)=C(N)N2[C@H]1c1cccs1. The maximum absolute atomic E-state index is 13.2. The quantitative estimate of drug-likeness (QED) is 0.877. The third-order valence-electron chi connectivity index (χ3n) is 4.27. The largest absolute Gasteiger partial charge is 0.383 e. The second-order valence-corrected chi connectivity index (χ2v) is 7.54. The number of amides is 1. The Hall–Kier alpha value is -2.24. The summed E-state index contributed by atoms with van der Waals surface area (Å²) in [6.07, 6.45) is 0. The van der Waals surface area contributed by atoms with Crippen LogP contribution in [0, 0.1) is 11.3 Å². The van der Waals surface area contributed by atoms with Crippen LogP contribution in [0.2, 0.25) is 0 Å². The fraction of sp³-hybridized carbons (Fsp3) is 0.353. The molecule has 2 aliphatic rings. The van der Waals surface area contributed by atoms with Crippen molar-refractivity contribution in [2.45, 2.75) is 26.8 Å². The van der Waals surface area contributed by atoms with E-state index in [9.17, 15) is 10.1 Å². The summed E-state index contributed by atoms with van der Waals surface area (Å²) in [5.41, 5.74) is 7.53. The Morgan fingerprint density at radius 1 is 1.48 bits per heavy atom. The Balaban J connectivity index is 2.16. The molecule has 8 heteroatoms. The Morgan fingerprint density at radius 3 is 2.76 bits per heavy atom. The lowest BCUT2D eigenvalue weighted by atomic mass is 9.99. The lowest BCUT2D eigenvalue weighted by Crippen LogP contribution is -2.42. The summed E-state index contributed by atoms with van der Waals surface area (Å²) >= 11 is 2.82. The number of hydrogen-bond donors (Lipinski definition) is 1. The van der Waals surface area contributed by atoms with Gasteiger partial charge >= 0.3 is 0 Å². The van der Waals surface area contributed by atoms with E-state index < -0.39 is 0 Å². The molecule has 0 unspecified atom stereocenters. The van der Waals surface area contributed by atoms with Gasteiger partial charge < -0.3 is 10.6 Å². The number of carbonyl (C=O) groups is 1. The van der Waals surface area contributed by atoms with E-state index >= 15 is 0 Å². The van der Waals surface area contributed by atoms with Gasteiger partial charge in [0.1, 0.15) is 22.8 Å². The molecule has 0 fully saturated rings. The first-order valence-corrected chi connectivity index (χ1v) is 9.72. The van der Waals surface area contributed by atoms with Gasteiger partial charge in [-0.05, 0) is 44.0 Å². The Labute approximate surface area is 155 Å². The Bertz CT molecular complexity index is 828. The number of nitrogens with two attached hydrogens (primary N) is 1. The number of thiophene rings is 1. The van der Waals surface area contributed by atoms with Gasteiger partial charge in [-0.3, -0.25) is 9.69 Å². The predicted molar refractivity (Wildman–Crippen MR) is 101 cm³/mol. The third kappa shape index (κ3) is 2.83. The summed E-state index contributed by atoms with van der Waals surface area (Å²) < 4.78 is 0. The van der Waals surface area contributed by atoms with Crippen molar-refractivity contribution in [1.82, 2.24) is 9.80 Å². The van der Waals surface area contributed by atoms with Crippen LogP contribution in [0.25, 0.3) is 0 Å². The zero-order chi connectivity index (χ0) is 18.1. The van der Waals surface area contributed by atoms with Crippen molar-refractivity contribution >= 4 is 34.2 Å². The Kier molecular flexibility index (Phi) is 4.88. The zero-order valence-corrected chi connectivity index (χ0v) is 15.9. The summed E-state index contributed by atoms with van der Waals surface area (Å²) in [4.78, 5) is 22.8. The highest BCUT2D eigenvalue weighted by Crippen LogP contribution is 2.46. The number of hydrogen-bond acceptors (Lipinski definition) is 7. The summed E-state index contributed by atoms with van der Waals surface area (Å²) in [6.45, 7) is 7.03. The molecule has 3 rings (SSSR count). The molecule has 2 aliphatic heterocycles. The molecule has 1 aromatic heterocycles. The number of aliphatic imine (C=N–C) groups is 1. The molecule has 1 amide bonds. The number of amidine groups is 1. The molecule has 0 spiro atoms. The topological polar surface area (TPSA) is 85.7 Å². The van der Waals surface area contributed by atoms with Crippen molar-refractivity contribution < 1.29 is 4.79 Å². The highest BCUT2D eigenvalue weighted by molar-refractivity contribution is 8.17. The van der Waals surface area contributed by atoms with Crippen molar-refractivity contribution in [2.24, 2.45) is 10.7 Å². The van der Waals surface area contributed by atoms with Gasteiger partial charge in [0.05, 0.1) is 11.3 Å². The van der Waals surface area contributed by atoms with Crippen LogP contribution in [0.5, 0.6) is 0 Å². The second-order valence-electron chi connectivity index (χ2n) is 5.59. The van der Waals surface area contributed by atoms with Gasteiger partial charge in [-0.15, -0.1) is 11.3 Å². The van der Waals surface area contributed by atoms with Crippen LogP contribution in [-0.4, -0.2) is 34.0 Å². The maximum Gasteiger partial charge on any atom is 0.254 e. The molecule has 130 valence electrons. The number of nitrogens with zero attached hydrogens (tertiary/aromatic N) is 4. The van der Waals surface area contributed by atoms with Gasteiger partial charge in [0.25, 0.3) is 5.91 Å². The maximum atomic E-state index is 13.2. The summed E-state index contributed by atoms with van der Waals surface area (Å²) in [6, 6.07) is 5.72. The summed E-state index contributed by atoms with van der Waals surface area (Å²) in [5.74, 6) is 0.328. The first-order chi connectivity index (χ1) is 12.0. The van der Waals surface area contributed by atoms with Crippen molar-refractivity contribution in [3.8, 4) is 6.07 Å². The molecule has 0 aromatic carbocycles. The van der Waals surface area contributed by atoms with Crippen molar-refractivity contribution in [2.75, 3.05) is 13.1 Å². The molecule has 3 heterocycles. The number of nitriles is 1. The van der Waals surface area contributed by atoms with Crippen molar-refractivity contribution in [1.29, 1.82) is 5.26 Å². The standard InChI is InChI=1S/C17H19N5OS2/c1-4-21(5-2)16(23)13-10(3)20-17-22(15(19)12(9-18)25-17)14(13)11-7-6-8-24-11/h6-8,14H,4-5,19H2,1-3H3/t14-/m0/s1. The molecule has 6 nitrogen and oxygen atoms in total. The minimum atomic E-state index is -0.348. The van der Waals surface area contributed by atoms with Crippen LogP contribution >= 0.6 is 23.1 Å². The minimum Gasteiger partial charge on any atom is -0.383 e. The van der Waals surface area contributed by atoms with E-state index in [1.807, 2.05) is 43.2 Å². The van der Waals surface area contributed by atoms with E-state index in [-0.39, 0.29) is 11.9 Å². The summed E-state index contributed by atoms with van der Waals surface area (Å²) in [5, 5.41) is 12.0. The molecule has 0 aliphatic carbocycles. The molecule has 1 aromatic rings. The van der Waals surface area contributed by atoms with Crippen molar-refractivity contribution in [3.05, 3.63) is 44.4 Å². The molecule has 1 atom stereocenters. The van der Waals surface area contributed by atoms with E-state index in [0.717, 1.165) is 4.88 Å². The number of thioether (sulfide) groups is 1. The van der Waals surface area contributed by atoms with Gasteiger partial charge in [0, 0.05) is 18.0 Å². The van der Waals surface area contributed by atoms with Crippen molar-refractivity contribution in [3.63, 3.8) is 0 Å². The molecular formula is C17H19N5OS2. The zero-order valence-electron chi connectivity index (χ0n) is 14.3. The Morgan fingerprint density at radius 2 is 2.20 bits per heavy atom. The first-order valence-electron chi connectivity index (χ1n) is 8.02. The van der Waals surface area contributed by atoms with E-state index in [1.54, 1.807) is 16.2 Å². The number of likely N-dealkylation sites (N-methyl/N-ethyl adjacent to an activating group) is 1. The summed E-state index contributed by atoms with van der Waals surface area (Å²) in [7, 11) is 0. The van der Waals surface area contributed by atoms with Gasteiger partial charge in [0.15, 0.2) is 5.17 Å². The van der Waals surface area contributed by atoms with Gasteiger partial charge in [-0.1, -0.05) is 6.07 Å². The smallest absolute Gasteiger partial charge is 0.254 e. The van der Waals surface area contributed by atoms with Gasteiger partial charge in [-0.25, -0.2) is 4.99 Å². The van der Waals surface area contributed by atoms with Crippen LogP contribution in [-0.2, 0) is 4.79 Å². The third-order valence-corrected chi connectivity index (χ3v) is 6.17. The number of carbonyl (C=O) groups excluding carboxylic acids is 1. The van der Waals surface area contributed by atoms with Crippen LogP contribution in [0.1, 0.15) is 31.7 Å². The van der Waals surface area contributed by atoms with Crippen LogP contribution in [0.15, 0.2) is 44.5 Å². The normalized spacial score (nSPS) is 19.7. The monoisotopic (exact) mass is 373 g/mol. The van der Waals surface area contributed by atoms with Gasteiger partial charge in [-0.2, -0.15) is 5.26 Å². The molecule has 25 heavy (non-hydrogen) atoms. The predicted octanol–water partition coefficient (Wildman–Crippen LogP) is 3.00. The van der Waals surface area contributed by atoms with E-state index in [4.69, 9.17) is 5.73 Å². The average Bonchev–Trinajstić information content (AvgIpc) is 3.23. The first kappa shape index (κ1) is 17.6. The molecule has 0 saturated heterocycles. The lowest BCUT2D eigenvalue weighted by Gasteiger charge is -2.36. The molecule has 2 N–H and O–H groups in total. The fourth-order valence-electron chi connectivity index (χ4n) is 3.01. The number of fused-ring (bicyclic) bond motifs is 1. The molecule has 0 bridgehead atoms. The molecular weight excluding hydrogens is 354 g/mol. The average molecular weight is 374 g/mol. The highest BCUT2D eigenvalue weighted by Gasteiger charge is 2.43. The van der Waals surface area contributed by atoms with Crippen LogP contribution < -0.4 is 5.73 Å². The molecule has 0 radical (unpaired) electrons. The number of allylic oxidation sites excluding steroid dienone is 2. The molecule has 0 saturated carbocycles. The van der Waals surface area contributed by atoms with E-state index in [0.29, 0.717) is 40.3 Å². The number of rotatable bonds is 4. The minimum absolute atomic E-state index is 0.0353.